The Morgan fingerprint density at radius 3 is 3.00 bits per heavy atom. The molecule has 1 heterocycles. The number of carbonyl (C=O) groups is 1. The van der Waals surface area contributed by atoms with Crippen molar-refractivity contribution in [2.75, 3.05) is 24.2 Å². The van der Waals surface area contributed by atoms with Crippen LogP contribution in [0, 0.1) is 6.92 Å². The molecule has 3 nitrogen and oxygen atoms in total. The fourth-order valence-corrected chi connectivity index (χ4v) is 2.73. The minimum atomic E-state index is -0.0782. The number of hydrogen-bond acceptors (Lipinski definition) is 3. The van der Waals surface area contributed by atoms with Gasteiger partial charge in [-0.25, -0.2) is 0 Å². The highest BCUT2D eigenvalue weighted by Gasteiger charge is 2.26. The summed E-state index contributed by atoms with van der Waals surface area (Å²) in [6.45, 7) is 2.95. The Morgan fingerprint density at radius 1 is 1.56 bits per heavy atom. The van der Waals surface area contributed by atoms with Crippen molar-refractivity contribution in [3.8, 4) is 0 Å². The molecule has 1 aliphatic heterocycles. The average molecular weight is 236 g/mol. The van der Waals surface area contributed by atoms with Crippen molar-refractivity contribution in [3.63, 3.8) is 0 Å². The van der Waals surface area contributed by atoms with E-state index in [9.17, 15) is 4.79 Å². The molecule has 0 aliphatic carbocycles. The Hall–Kier alpha value is -1.00. The summed E-state index contributed by atoms with van der Waals surface area (Å²) in [5, 5.41) is 3.12. The van der Waals surface area contributed by atoms with Gasteiger partial charge in [-0.05, 0) is 24.6 Å². The molecule has 2 rings (SSSR count). The van der Waals surface area contributed by atoms with Crippen molar-refractivity contribution in [1.29, 1.82) is 0 Å². The third kappa shape index (κ3) is 2.39. The van der Waals surface area contributed by atoms with Gasteiger partial charge in [0.15, 0.2) is 0 Å². The van der Waals surface area contributed by atoms with Crippen LogP contribution in [0.2, 0.25) is 0 Å². The first-order chi connectivity index (χ1) is 7.68. The van der Waals surface area contributed by atoms with Crippen LogP contribution in [0.15, 0.2) is 24.3 Å². The monoisotopic (exact) mass is 236 g/mol. The Morgan fingerprint density at radius 2 is 2.38 bits per heavy atom. The number of nitrogens with zero attached hydrogens (tertiary/aromatic N) is 1. The smallest absolute Gasteiger partial charge is 0.254 e. The predicted molar refractivity (Wildman–Crippen MR) is 68.8 cm³/mol. The second-order valence-corrected chi connectivity index (χ2v) is 5.15. The van der Waals surface area contributed by atoms with Gasteiger partial charge in [0.1, 0.15) is 5.37 Å². The predicted octanol–water partition coefficient (Wildman–Crippen LogP) is 1.62. The quantitative estimate of drug-likeness (QED) is 0.847. The van der Waals surface area contributed by atoms with Crippen molar-refractivity contribution in [3.05, 3.63) is 29.8 Å². The van der Waals surface area contributed by atoms with E-state index in [1.54, 1.807) is 16.7 Å². The zero-order chi connectivity index (χ0) is 11.5. The minimum Gasteiger partial charge on any atom is -0.313 e. The number of carbonyl (C=O) groups excluding carboxylic acids is 1. The molecule has 1 saturated heterocycles. The molecule has 0 bridgehead atoms. The second-order valence-electron chi connectivity index (χ2n) is 3.94. The number of amides is 1. The van der Waals surface area contributed by atoms with Crippen molar-refractivity contribution >= 4 is 23.4 Å². The van der Waals surface area contributed by atoms with E-state index in [1.165, 1.54) is 5.56 Å². The Labute approximate surface area is 100 Å². The summed E-state index contributed by atoms with van der Waals surface area (Å²) in [5.74, 6) is 1.14. The zero-order valence-electron chi connectivity index (χ0n) is 9.56. The topological polar surface area (TPSA) is 32.3 Å². The van der Waals surface area contributed by atoms with Gasteiger partial charge in [-0.1, -0.05) is 12.1 Å². The van der Waals surface area contributed by atoms with E-state index in [-0.39, 0.29) is 11.3 Å². The number of thioether (sulfide) groups is 1. The van der Waals surface area contributed by atoms with Gasteiger partial charge in [-0.2, -0.15) is 0 Å². The molecule has 0 spiro atoms. The van der Waals surface area contributed by atoms with E-state index in [2.05, 4.69) is 5.32 Å². The molecule has 16 heavy (non-hydrogen) atoms. The molecule has 0 aromatic heterocycles. The molecule has 1 N–H and O–H groups in total. The van der Waals surface area contributed by atoms with Gasteiger partial charge < -0.3 is 4.90 Å². The maximum absolute atomic E-state index is 12.1. The zero-order valence-corrected chi connectivity index (χ0v) is 10.4. The van der Waals surface area contributed by atoms with Gasteiger partial charge in [0.25, 0.3) is 5.91 Å². The highest BCUT2D eigenvalue weighted by molar-refractivity contribution is 8.00. The number of rotatable bonds is 2. The van der Waals surface area contributed by atoms with Crippen LogP contribution in [0.25, 0.3) is 0 Å². The third-order valence-electron chi connectivity index (χ3n) is 2.66. The number of benzene rings is 1. The number of aryl methyl sites for hydroxylation is 1. The average Bonchev–Trinajstić information content (AvgIpc) is 2.80. The van der Waals surface area contributed by atoms with Gasteiger partial charge in [0, 0.05) is 25.0 Å². The highest BCUT2D eigenvalue weighted by atomic mass is 32.2. The second kappa shape index (κ2) is 4.89. The van der Waals surface area contributed by atoms with Crippen LogP contribution in [0.4, 0.5) is 5.69 Å². The Kier molecular flexibility index (Phi) is 3.51. The first-order valence-electron chi connectivity index (χ1n) is 5.38. The molecule has 1 aliphatic rings. The summed E-state index contributed by atoms with van der Waals surface area (Å²) in [6, 6.07) is 8.00. The molecular weight excluding hydrogens is 220 g/mol. The highest BCUT2D eigenvalue weighted by Crippen LogP contribution is 2.20. The fourth-order valence-electron chi connectivity index (χ4n) is 1.72. The Balaban J connectivity index is 2.11. The standard InChI is InChI=1S/C12H16N2OS/c1-9-4-3-5-10(8-9)14(2)12(15)11-13-6-7-16-11/h3-5,8,11,13H,6-7H2,1-2H3. The molecular formula is C12H16N2OS. The molecule has 0 saturated carbocycles. The van der Waals surface area contributed by atoms with Crippen LogP contribution in [-0.2, 0) is 4.79 Å². The SMILES string of the molecule is Cc1cccc(N(C)C(=O)C2NCCS2)c1. The van der Waals surface area contributed by atoms with Gasteiger partial charge in [0.2, 0.25) is 0 Å². The molecule has 0 radical (unpaired) electrons. The lowest BCUT2D eigenvalue weighted by Crippen LogP contribution is -2.40. The Bertz CT molecular complexity index is 388. The molecule has 1 fully saturated rings. The van der Waals surface area contributed by atoms with Crippen molar-refractivity contribution in [1.82, 2.24) is 5.32 Å². The summed E-state index contributed by atoms with van der Waals surface area (Å²) >= 11 is 1.68. The third-order valence-corrected chi connectivity index (χ3v) is 3.80. The van der Waals surface area contributed by atoms with Crippen LogP contribution in [0.1, 0.15) is 5.56 Å². The fraction of sp³-hybridized carbons (Fsp3) is 0.417. The molecule has 4 heteroatoms. The van der Waals surface area contributed by atoms with Gasteiger partial charge >= 0.3 is 0 Å². The molecule has 1 aromatic carbocycles. The van der Waals surface area contributed by atoms with E-state index in [0.717, 1.165) is 18.0 Å². The van der Waals surface area contributed by atoms with E-state index < -0.39 is 0 Å². The maximum Gasteiger partial charge on any atom is 0.254 e. The van der Waals surface area contributed by atoms with Crippen LogP contribution in [-0.4, -0.2) is 30.6 Å². The summed E-state index contributed by atoms with van der Waals surface area (Å²) in [6.07, 6.45) is 0. The lowest BCUT2D eigenvalue weighted by molar-refractivity contribution is -0.118. The lowest BCUT2D eigenvalue weighted by atomic mass is 10.2. The van der Waals surface area contributed by atoms with Gasteiger partial charge in [-0.3, -0.25) is 10.1 Å². The summed E-state index contributed by atoms with van der Waals surface area (Å²) < 4.78 is 0. The van der Waals surface area contributed by atoms with Crippen molar-refractivity contribution < 1.29 is 4.79 Å². The van der Waals surface area contributed by atoms with Crippen LogP contribution < -0.4 is 10.2 Å². The van der Waals surface area contributed by atoms with Crippen LogP contribution in [0.3, 0.4) is 0 Å². The summed E-state index contributed by atoms with van der Waals surface area (Å²) in [5.41, 5.74) is 2.13. The number of likely N-dealkylation sites (N-methyl/N-ethyl adjacent to an activating group) is 1. The molecule has 1 aromatic rings. The van der Waals surface area contributed by atoms with Gasteiger partial charge in [-0.15, -0.1) is 11.8 Å². The molecule has 1 amide bonds. The number of nitrogens with one attached hydrogen (secondary N) is 1. The van der Waals surface area contributed by atoms with Gasteiger partial charge in [0.05, 0.1) is 0 Å². The van der Waals surface area contributed by atoms with Crippen molar-refractivity contribution in [2.45, 2.75) is 12.3 Å². The van der Waals surface area contributed by atoms with E-state index in [4.69, 9.17) is 0 Å². The van der Waals surface area contributed by atoms with Crippen LogP contribution >= 0.6 is 11.8 Å². The van der Waals surface area contributed by atoms with E-state index in [0.29, 0.717) is 0 Å². The largest absolute Gasteiger partial charge is 0.313 e. The van der Waals surface area contributed by atoms with E-state index >= 15 is 0 Å². The first-order valence-corrected chi connectivity index (χ1v) is 6.42. The number of anilines is 1. The lowest BCUT2D eigenvalue weighted by Gasteiger charge is -2.21. The maximum atomic E-state index is 12.1. The molecule has 1 unspecified atom stereocenters. The molecule has 1 atom stereocenters. The summed E-state index contributed by atoms with van der Waals surface area (Å²) in [7, 11) is 1.83. The minimum absolute atomic E-state index is 0.0782. The first kappa shape index (κ1) is 11.5. The van der Waals surface area contributed by atoms with E-state index in [1.807, 2.05) is 38.2 Å². The van der Waals surface area contributed by atoms with Crippen LogP contribution in [0.5, 0.6) is 0 Å². The van der Waals surface area contributed by atoms with Crippen molar-refractivity contribution in [2.24, 2.45) is 0 Å². The summed E-state index contributed by atoms with van der Waals surface area (Å²) in [4.78, 5) is 13.8. The normalized spacial score (nSPS) is 19.8. The molecule has 86 valence electrons. The number of hydrogen-bond donors (Lipinski definition) is 1.